The molecule has 0 fully saturated rings. The van der Waals surface area contributed by atoms with E-state index in [0.717, 1.165) is 25.5 Å². The molecule has 2 rings (SSSR count). The Hall–Kier alpha value is -1.16. The number of hydrogen-bond acceptors (Lipinski definition) is 3. The van der Waals surface area contributed by atoms with Crippen molar-refractivity contribution in [1.82, 2.24) is 20.1 Å². The van der Waals surface area contributed by atoms with Crippen molar-refractivity contribution >= 4 is 0 Å². The summed E-state index contributed by atoms with van der Waals surface area (Å²) in [6, 6.07) is 0. The van der Waals surface area contributed by atoms with Gasteiger partial charge >= 0.3 is 0 Å². The molecule has 0 saturated carbocycles. The maximum atomic E-state index is 4.33. The van der Waals surface area contributed by atoms with Crippen LogP contribution in [0.25, 0.3) is 0 Å². The van der Waals surface area contributed by atoms with Gasteiger partial charge in [-0.2, -0.15) is 5.10 Å². The minimum absolute atomic E-state index is 0.604. The first kappa shape index (κ1) is 14.3. The van der Waals surface area contributed by atoms with Gasteiger partial charge in [0, 0.05) is 6.54 Å². The van der Waals surface area contributed by atoms with Crippen LogP contribution in [0.5, 0.6) is 0 Å². The number of rotatable bonds is 7. The van der Waals surface area contributed by atoms with Crippen molar-refractivity contribution in [3.05, 3.63) is 23.8 Å². The fourth-order valence-electron chi connectivity index (χ4n) is 2.50. The zero-order valence-corrected chi connectivity index (χ0v) is 12.2. The Morgan fingerprint density at radius 3 is 3.00 bits per heavy atom. The number of hydrogen-bond donors (Lipinski definition) is 1. The Morgan fingerprint density at radius 2 is 2.26 bits per heavy atom. The van der Waals surface area contributed by atoms with Crippen LogP contribution in [0.1, 0.15) is 51.8 Å². The van der Waals surface area contributed by atoms with Crippen LogP contribution in [-0.2, 0) is 13.1 Å². The highest BCUT2D eigenvalue weighted by Crippen LogP contribution is 2.19. The Labute approximate surface area is 116 Å². The molecule has 1 aromatic heterocycles. The van der Waals surface area contributed by atoms with E-state index in [1.807, 2.05) is 4.68 Å². The van der Waals surface area contributed by atoms with Crippen molar-refractivity contribution in [1.29, 1.82) is 0 Å². The molecule has 0 radical (unpaired) electrons. The summed E-state index contributed by atoms with van der Waals surface area (Å²) in [5.41, 5.74) is 1.63. The molecule has 106 valence electrons. The predicted octanol–water partition coefficient (Wildman–Crippen LogP) is 2.91. The maximum Gasteiger partial charge on any atom is 0.140 e. The topological polar surface area (TPSA) is 42.7 Å². The highest BCUT2D eigenvalue weighted by atomic mass is 15.3. The van der Waals surface area contributed by atoms with Gasteiger partial charge in [0.2, 0.25) is 0 Å². The third kappa shape index (κ3) is 4.78. The van der Waals surface area contributed by atoms with E-state index in [1.54, 1.807) is 11.9 Å². The summed E-state index contributed by atoms with van der Waals surface area (Å²) in [7, 11) is 0. The van der Waals surface area contributed by atoms with Crippen molar-refractivity contribution < 1.29 is 0 Å². The average Bonchev–Trinajstić information content (AvgIpc) is 2.82. The van der Waals surface area contributed by atoms with E-state index < -0.39 is 0 Å². The van der Waals surface area contributed by atoms with Crippen LogP contribution in [0.4, 0.5) is 0 Å². The van der Waals surface area contributed by atoms with E-state index in [1.165, 1.54) is 32.1 Å². The fourth-order valence-corrected chi connectivity index (χ4v) is 2.50. The van der Waals surface area contributed by atoms with E-state index in [0.29, 0.717) is 5.92 Å². The van der Waals surface area contributed by atoms with Crippen LogP contribution in [0.3, 0.4) is 0 Å². The average molecular weight is 262 g/mol. The van der Waals surface area contributed by atoms with Gasteiger partial charge < -0.3 is 5.32 Å². The Balaban J connectivity index is 1.70. The van der Waals surface area contributed by atoms with Crippen molar-refractivity contribution in [2.24, 2.45) is 5.92 Å². The van der Waals surface area contributed by atoms with E-state index in [-0.39, 0.29) is 0 Å². The highest BCUT2D eigenvalue weighted by Gasteiger charge is 2.06. The second kappa shape index (κ2) is 7.43. The molecule has 19 heavy (non-hydrogen) atoms. The molecule has 0 spiro atoms. The minimum Gasteiger partial charge on any atom is -0.310 e. The molecule has 1 heterocycles. The van der Waals surface area contributed by atoms with Crippen molar-refractivity contribution in [2.45, 2.75) is 59.0 Å². The summed E-state index contributed by atoms with van der Waals surface area (Å²) >= 11 is 0. The molecule has 1 aromatic rings. The van der Waals surface area contributed by atoms with E-state index >= 15 is 0 Å². The summed E-state index contributed by atoms with van der Waals surface area (Å²) < 4.78 is 2.01. The van der Waals surface area contributed by atoms with Crippen molar-refractivity contribution in [2.75, 3.05) is 6.54 Å². The molecule has 4 nitrogen and oxygen atoms in total. The maximum absolute atomic E-state index is 4.33. The standard InChI is InChI=1S/C15H26N4/c1-13(2)11-19-15(17-12-18-19)10-16-9-8-14-6-4-3-5-7-14/h6,12-13,16H,3-5,7-11H2,1-2H3. The minimum atomic E-state index is 0.604. The second-order valence-electron chi connectivity index (χ2n) is 5.79. The van der Waals surface area contributed by atoms with Gasteiger partial charge in [0.15, 0.2) is 0 Å². The summed E-state index contributed by atoms with van der Waals surface area (Å²) in [5.74, 6) is 1.65. The van der Waals surface area contributed by atoms with Gasteiger partial charge in [-0.1, -0.05) is 25.5 Å². The van der Waals surface area contributed by atoms with Gasteiger partial charge in [0.05, 0.1) is 6.54 Å². The number of nitrogens with zero attached hydrogens (tertiary/aromatic N) is 3. The van der Waals surface area contributed by atoms with Crippen LogP contribution in [0, 0.1) is 5.92 Å². The first-order chi connectivity index (χ1) is 9.25. The molecule has 0 bridgehead atoms. The zero-order chi connectivity index (χ0) is 13.5. The molecular weight excluding hydrogens is 236 g/mol. The van der Waals surface area contributed by atoms with Gasteiger partial charge in [-0.25, -0.2) is 9.67 Å². The van der Waals surface area contributed by atoms with Crippen molar-refractivity contribution in [3.8, 4) is 0 Å². The third-order valence-corrected chi connectivity index (χ3v) is 3.52. The van der Waals surface area contributed by atoms with E-state index in [9.17, 15) is 0 Å². The van der Waals surface area contributed by atoms with Crippen molar-refractivity contribution in [3.63, 3.8) is 0 Å². The van der Waals surface area contributed by atoms with Crippen LogP contribution in [0.15, 0.2) is 18.0 Å². The second-order valence-corrected chi connectivity index (χ2v) is 5.79. The highest BCUT2D eigenvalue weighted by molar-refractivity contribution is 5.05. The molecule has 0 atom stereocenters. The van der Waals surface area contributed by atoms with Crippen LogP contribution >= 0.6 is 0 Å². The molecule has 0 aromatic carbocycles. The number of nitrogens with one attached hydrogen (secondary N) is 1. The lowest BCUT2D eigenvalue weighted by atomic mass is 9.97. The molecule has 0 unspecified atom stereocenters. The smallest absolute Gasteiger partial charge is 0.140 e. The van der Waals surface area contributed by atoms with Gasteiger partial charge in [-0.05, 0) is 44.6 Å². The van der Waals surface area contributed by atoms with Crippen LogP contribution in [-0.4, -0.2) is 21.3 Å². The molecule has 1 aliphatic carbocycles. The Bertz CT molecular complexity index is 406. The first-order valence-corrected chi connectivity index (χ1v) is 7.51. The van der Waals surface area contributed by atoms with Crippen LogP contribution < -0.4 is 5.32 Å². The lowest BCUT2D eigenvalue weighted by Gasteiger charge is -2.13. The first-order valence-electron chi connectivity index (χ1n) is 7.51. The molecule has 0 aliphatic heterocycles. The lowest BCUT2D eigenvalue weighted by molar-refractivity contribution is 0.457. The predicted molar refractivity (Wildman–Crippen MR) is 77.7 cm³/mol. The quantitative estimate of drug-likeness (QED) is 0.607. The summed E-state index contributed by atoms with van der Waals surface area (Å²) in [4.78, 5) is 4.33. The third-order valence-electron chi connectivity index (χ3n) is 3.52. The largest absolute Gasteiger partial charge is 0.310 e. The lowest BCUT2D eigenvalue weighted by Crippen LogP contribution is -2.20. The van der Waals surface area contributed by atoms with Gasteiger partial charge in [-0.3, -0.25) is 0 Å². The zero-order valence-electron chi connectivity index (χ0n) is 12.2. The Morgan fingerprint density at radius 1 is 1.37 bits per heavy atom. The molecule has 0 amide bonds. The summed E-state index contributed by atoms with van der Waals surface area (Å²) in [5, 5.41) is 7.76. The van der Waals surface area contributed by atoms with E-state index in [2.05, 4.69) is 35.3 Å². The molecular formula is C15H26N4. The normalized spacial score (nSPS) is 15.8. The molecule has 4 heteroatoms. The van der Waals surface area contributed by atoms with E-state index in [4.69, 9.17) is 0 Å². The number of allylic oxidation sites excluding steroid dienone is 1. The SMILES string of the molecule is CC(C)Cn1ncnc1CNCCC1=CCCCC1. The van der Waals surface area contributed by atoms with Crippen LogP contribution in [0.2, 0.25) is 0 Å². The number of aromatic nitrogens is 3. The molecule has 0 saturated heterocycles. The summed E-state index contributed by atoms with van der Waals surface area (Å²) in [6.45, 7) is 7.21. The Kier molecular flexibility index (Phi) is 5.58. The van der Waals surface area contributed by atoms with Gasteiger partial charge in [0.25, 0.3) is 0 Å². The fraction of sp³-hybridized carbons (Fsp3) is 0.733. The van der Waals surface area contributed by atoms with Gasteiger partial charge in [-0.15, -0.1) is 0 Å². The molecule has 1 N–H and O–H groups in total. The monoisotopic (exact) mass is 262 g/mol. The summed E-state index contributed by atoms with van der Waals surface area (Å²) in [6.07, 6.45) is 10.6. The van der Waals surface area contributed by atoms with Gasteiger partial charge in [0.1, 0.15) is 12.2 Å². The molecule has 1 aliphatic rings.